The molecule has 10 heteroatoms. The zero-order valence-electron chi connectivity index (χ0n) is 22.2. The molecule has 1 aromatic carbocycles. The van der Waals surface area contributed by atoms with E-state index in [0.717, 1.165) is 37.9 Å². The van der Waals surface area contributed by atoms with Gasteiger partial charge in [0.05, 0.1) is 15.6 Å². The van der Waals surface area contributed by atoms with Gasteiger partial charge in [-0.2, -0.15) is 5.26 Å². The summed E-state index contributed by atoms with van der Waals surface area (Å²) < 4.78 is 11.2. The van der Waals surface area contributed by atoms with E-state index >= 15 is 0 Å². The Morgan fingerprint density at radius 2 is 1.87 bits per heavy atom. The van der Waals surface area contributed by atoms with Crippen molar-refractivity contribution in [2.45, 2.75) is 58.2 Å². The predicted molar refractivity (Wildman–Crippen MR) is 146 cm³/mol. The third kappa shape index (κ3) is 8.24. The molecule has 2 fully saturated rings. The second-order valence-corrected chi connectivity index (χ2v) is 11.3. The van der Waals surface area contributed by atoms with E-state index in [9.17, 15) is 9.59 Å². The zero-order chi connectivity index (χ0) is 27.9. The molecule has 0 spiro atoms. The molecule has 0 N–H and O–H groups in total. The van der Waals surface area contributed by atoms with Gasteiger partial charge < -0.3 is 19.3 Å². The molecule has 204 valence electrons. The smallest absolute Gasteiger partial charge is 0.410 e. The lowest BCUT2D eigenvalue weighted by molar-refractivity contribution is -0.117. The van der Waals surface area contributed by atoms with E-state index in [2.05, 4.69) is 4.98 Å². The normalized spacial score (nSPS) is 19.7. The highest BCUT2D eigenvalue weighted by Gasteiger charge is 2.38. The Morgan fingerprint density at radius 3 is 2.42 bits per heavy atom. The van der Waals surface area contributed by atoms with Gasteiger partial charge in [-0.25, -0.2) is 9.78 Å². The minimum absolute atomic E-state index is 0.0786. The second-order valence-electron chi connectivity index (χ2n) is 10.5. The number of benzene rings is 1. The van der Waals surface area contributed by atoms with Gasteiger partial charge in [0, 0.05) is 50.3 Å². The molecule has 8 nitrogen and oxygen atoms in total. The second kappa shape index (κ2) is 13.2. The van der Waals surface area contributed by atoms with Crippen molar-refractivity contribution >= 4 is 35.7 Å². The Hall–Kier alpha value is -3.02. The number of hydrogen-bond acceptors (Lipinski definition) is 6. The first kappa shape index (κ1) is 29.5. The highest BCUT2D eigenvalue weighted by molar-refractivity contribution is 6.42. The van der Waals surface area contributed by atoms with Crippen LogP contribution in [-0.4, -0.2) is 65.2 Å². The molecule has 2 aliphatic heterocycles. The number of hydrogen-bond donors (Lipinski definition) is 0. The van der Waals surface area contributed by atoms with E-state index in [4.69, 9.17) is 37.9 Å². The maximum atomic E-state index is 11.4. The first-order valence-corrected chi connectivity index (χ1v) is 13.4. The first-order chi connectivity index (χ1) is 18.0. The van der Waals surface area contributed by atoms with Gasteiger partial charge in [-0.3, -0.25) is 4.79 Å². The van der Waals surface area contributed by atoms with E-state index in [1.807, 2.05) is 45.9 Å². The highest BCUT2D eigenvalue weighted by atomic mass is 35.5. The Labute approximate surface area is 234 Å². The standard InChI is InChI=1S/C19H17Cl2N3O2.C9H17NO2/c1-12(26-19-5-2-13(7-22)8-23-19)15-9-24(11-25)10-16(15)14-3-4-17(20)18(21)6-14;1-9(2,3)12-8(11)10-6-4-5-7-10/h2-6,8,11-12,15-16H,9-10H2,1H3;4-7H2,1-3H3/t12-,15?,16+;/m0./s1. The third-order valence-corrected chi connectivity index (χ3v) is 7.19. The van der Waals surface area contributed by atoms with E-state index in [0.29, 0.717) is 34.6 Å². The van der Waals surface area contributed by atoms with Crippen LogP contribution in [0, 0.1) is 17.2 Å². The molecule has 1 aromatic heterocycles. The lowest BCUT2D eigenvalue weighted by Crippen LogP contribution is -2.34. The first-order valence-electron chi connectivity index (χ1n) is 12.7. The van der Waals surface area contributed by atoms with Crippen molar-refractivity contribution < 1.29 is 19.1 Å². The lowest BCUT2D eigenvalue weighted by Gasteiger charge is -2.25. The lowest BCUT2D eigenvalue weighted by atomic mass is 9.86. The van der Waals surface area contributed by atoms with E-state index in [-0.39, 0.29) is 29.6 Å². The van der Waals surface area contributed by atoms with E-state index in [1.54, 1.807) is 28.0 Å². The van der Waals surface area contributed by atoms with Crippen LogP contribution in [0.15, 0.2) is 36.5 Å². The van der Waals surface area contributed by atoms with Crippen LogP contribution >= 0.6 is 23.2 Å². The molecular formula is C28H34Cl2N4O4. The molecule has 0 bridgehead atoms. The quantitative estimate of drug-likeness (QED) is 0.421. The van der Waals surface area contributed by atoms with Gasteiger partial charge in [0.1, 0.15) is 17.8 Å². The summed E-state index contributed by atoms with van der Waals surface area (Å²) >= 11 is 12.2. The molecule has 2 aromatic rings. The summed E-state index contributed by atoms with van der Waals surface area (Å²) in [5.41, 5.74) is 1.14. The van der Waals surface area contributed by atoms with Crippen molar-refractivity contribution in [1.82, 2.24) is 14.8 Å². The Balaban J connectivity index is 0.000000279. The van der Waals surface area contributed by atoms with Crippen molar-refractivity contribution in [1.29, 1.82) is 5.26 Å². The Bertz CT molecular complexity index is 1140. The summed E-state index contributed by atoms with van der Waals surface area (Å²) in [6.07, 6.45) is 4.21. The number of amides is 2. The minimum atomic E-state index is -0.361. The van der Waals surface area contributed by atoms with Crippen LogP contribution in [-0.2, 0) is 9.53 Å². The fourth-order valence-electron chi connectivity index (χ4n) is 4.54. The monoisotopic (exact) mass is 560 g/mol. The maximum Gasteiger partial charge on any atom is 0.410 e. The molecule has 3 atom stereocenters. The van der Waals surface area contributed by atoms with Gasteiger partial charge in [0.25, 0.3) is 0 Å². The van der Waals surface area contributed by atoms with Crippen molar-refractivity contribution in [3.05, 3.63) is 57.7 Å². The average molecular weight is 562 g/mol. The SMILES string of the molecule is CC(C)(C)OC(=O)N1CCCC1.C[C@H](Oc1ccc(C#N)cn1)C1CN(C=O)C[C@@H]1c1ccc(Cl)c(Cl)c1. The molecule has 0 radical (unpaired) electrons. The maximum absolute atomic E-state index is 11.4. The van der Waals surface area contributed by atoms with Crippen LogP contribution in [0.4, 0.5) is 4.79 Å². The van der Waals surface area contributed by atoms with Crippen LogP contribution in [0.25, 0.3) is 0 Å². The summed E-state index contributed by atoms with van der Waals surface area (Å²) in [5.74, 6) is 0.618. The molecule has 2 saturated heterocycles. The molecule has 2 aliphatic rings. The van der Waals surface area contributed by atoms with Crippen LogP contribution in [0.2, 0.25) is 10.0 Å². The van der Waals surface area contributed by atoms with Crippen molar-refractivity contribution in [3.63, 3.8) is 0 Å². The molecule has 1 unspecified atom stereocenters. The summed E-state index contributed by atoms with van der Waals surface area (Å²) in [4.78, 5) is 30.3. The number of likely N-dealkylation sites (tertiary alicyclic amines) is 2. The van der Waals surface area contributed by atoms with Crippen LogP contribution < -0.4 is 4.74 Å². The van der Waals surface area contributed by atoms with Crippen LogP contribution in [0.3, 0.4) is 0 Å². The number of halogens is 2. The van der Waals surface area contributed by atoms with Gasteiger partial charge in [-0.15, -0.1) is 0 Å². The highest BCUT2D eigenvalue weighted by Crippen LogP contribution is 2.37. The molecular weight excluding hydrogens is 527 g/mol. The fourth-order valence-corrected chi connectivity index (χ4v) is 4.84. The van der Waals surface area contributed by atoms with Gasteiger partial charge >= 0.3 is 6.09 Å². The Kier molecular flexibility index (Phi) is 10.2. The van der Waals surface area contributed by atoms with Crippen molar-refractivity contribution in [2.24, 2.45) is 5.92 Å². The van der Waals surface area contributed by atoms with Crippen molar-refractivity contribution in [2.75, 3.05) is 26.2 Å². The zero-order valence-corrected chi connectivity index (χ0v) is 23.7. The summed E-state index contributed by atoms with van der Waals surface area (Å²) in [6, 6.07) is 10.9. The van der Waals surface area contributed by atoms with Gasteiger partial charge in [0.2, 0.25) is 12.3 Å². The number of ether oxygens (including phenoxy) is 2. The van der Waals surface area contributed by atoms with E-state index < -0.39 is 0 Å². The largest absolute Gasteiger partial charge is 0.474 e. The Morgan fingerprint density at radius 1 is 1.16 bits per heavy atom. The minimum Gasteiger partial charge on any atom is -0.474 e. The van der Waals surface area contributed by atoms with Gasteiger partial charge in [0.15, 0.2) is 0 Å². The number of carbonyl (C=O) groups excluding carboxylic acids is 2. The van der Waals surface area contributed by atoms with Gasteiger partial charge in [-0.1, -0.05) is 29.3 Å². The third-order valence-electron chi connectivity index (χ3n) is 6.45. The van der Waals surface area contributed by atoms with E-state index in [1.165, 1.54) is 6.20 Å². The number of nitrogens with zero attached hydrogens (tertiary/aromatic N) is 4. The molecule has 0 saturated carbocycles. The molecule has 0 aliphatic carbocycles. The molecule has 4 rings (SSSR count). The number of carbonyl (C=O) groups is 2. The molecule has 2 amide bonds. The van der Waals surface area contributed by atoms with Crippen LogP contribution in [0.1, 0.15) is 57.6 Å². The topological polar surface area (TPSA) is 95.8 Å². The molecule has 38 heavy (non-hydrogen) atoms. The summed E-state index contributed by atoms with van der Waals surface area (Å²) in [5, 5.41) is 9.85. The van der Waals surface area contributed by atoms with Crippen LogP contribution in [0.5, 0.6) is 5.88 Å². The molecule has 3 heterocycles. The predicted octanol–water partition coefficient (Wildman–Crippen LogP) is 5.92. The number of aromatic nitrogens is 1. The summed E-state index contributed by atoms with van der Waals surface area (Å²) in [7, 11) is 0. The number of nitriles is 1. The number of pyridine rings is 1. The van der Waals surface area contributed by atoms with Crippen molar-refractivity contribution in [3.8, 4) is 11.9 Å². The summed E-state index contributed by atoms with van der Waals surface area (Å²) in [6.45, 7) is 10.5. The fraction of sp³-hybridized carbons (Fsp3) is 0.500. The average Bonchev–Trinajstić information content (AvgIpc) is 3.56. The number of rotatable bonds is 5. The van der Waals surface area contributed by atoms with Gasteiger partial charge in [-0.05, 0) is 64.3 Å².